The van der Waals surface area contributed by atoms with Crippen molar-refractivity contribution in [3.8, 4) is 11.5 Å². The Kier molecular flexibility index (Phi) is 10.5. The molecule has 240 valence electrons. The first-order chi connectivity index (χ1) is 22.8. The first-order valence-corrected chi connectivity index (χ1v) is 15.0. The summed E-state index contributed by atoms with van der Waals surface area (Å²) in [6.07, 6.45) is 1.86. The summed E-state index contributed by atoms with van der Waals surface area (Å²) in [7, 11) is 0. The van der Waals surface area contributed by atoms with Gasteiger partial charge in [-0.15, -0.1) is 0 Å². The van der Waals surface area contributed by atoms with Crippen molar-refractivity contribution in [2.75, 3.05) is 23.7 Å². The fourth-order valence-corrected chi connectivity index (χ4v) is 5.00. The second kappa shape index (κ2) is 15.3. The van der Waals surface area contributed by atoms with E-state index in [-0.39, 0.29) is 34.9 Å². The predicted molar refractivity (Wildman–Crippen MR) is 176 cm³/mol. The number of amides is 2. The van der Waals surface area contributed by atoms with E-state index < -0.39 is 18.4 Å². The van der Waals surface area contributed by atoms with Gasteiger partial charge in [0, 0.05) is 31.6 Å². The van der Waals surface area contributed by atoms with Crippen LogP contribution in [0.3, 0.4) is 0 Å². The van der Waals surface area contributed by atoms with Crippen molar-refractivity contribution in [2.45, 2.75) is 32.1 Å². The zero-order chi connectivity index (χ0) is 33.2. The van der Waals surface area contributed by atoms with Gasteiger partial charge in [0.1, 0.15) is 29.5 Å². The zero-order valence-electron chi connectivity index (χ0n) is 25.7. The lowest BCUT2D eigenvalue weighted by atomic mass is 10.0. The van der Waals surface area contributed by atoms with Crippen molar-refractivity contribution >= 4 is 35.3 Å². The Morgan fingerprint density at radius 2 is 1.57 bits per heavy atom. The minimum absolute atomic E-state index is 0.00136. The summed E-state index contributed by atoms with van der Waals surface area (Å²) >= 11 is 0. The quantitative estimate of drug-likeness (QED) is 0.0776. The van der Waals surface area contributed by atoms with E-state index in [4.69, 9.17) is 14.2 Å². The Labute approximate surface area is 271 Å². The summed E-state index contributed by atoms with van der Waals surface area (Å²) in [5, 5.41) is 15.1. The predicted octanol–water partition coefficient (Wildman–Crippen LogP) is 6.03. The number of rotatable bonds is 11. The van der Waals surface area contributed by atoms with E-state index in [1.165, 1.54) is 19.3 Å². The van der Waals surface area contributed by atoms with Gasteiger partial charge in [-0.2, -0.15) is 0 Å². The Bertz CT molecular complexity index is 1730. The molecule has 12 nitrogen and oxygen atoms in total. The van der Waals surface area contributed by atoms with Gasteiger partial charge in [0.15, 0.2) is 0 Å². The number of anilines is 2. The number of likely N-dealkylation sites (tertiary alicyclic amines) is 1. The molecule has 3 aromatic carbocycles. The van der Waals surface area contributed by atoms with Crippen molar-refractivity contribution in [3.05, 3.63) is 121 Å². The lowest BCUT2D eigenvalue weighted by Crippen LogP contribution is -2.44. The molecule has 1 aliphatic rings. The molecule has 2 atom stereocenters. The highest BCUT2D eigenvalue weighted by atomic mass is 16.7. The Hall–Kier alpha value is -6.04. The molecule has 0 spiro atoms. The third-order valence-corrected chi connectivity index (χ3v) is 7.24. The number of nitrogens with zero attached hydrogens (tertiary/aromatic N) is 3. The molecule has 5 rings (SSSR count). The molecule has 1 fully saturated rings. The van der Waals surface area contributed by atoms with Gasteiger partial charge in [-0.05, 0) is 67.4 Å². The normalized spacial score (nSPS) is 14.7. The average molecular weight is 635 g/mol. The fourth-order valence-electron chi connectivity index (χ4n) is 5.00. The molecule has 1 saturated heterocycles. The van der Waals surface area contributed by atoms with Crippen molar-refractivity contribution < 1.29 is 28.6 Å². The van der Waals surface area contributed by atoms with Crippen LogP contribution >= 0.6 is 0 Å². The number of carbonyl (C=O) groups excluding carboxylic acids is 3. The molecule has 0 aliphatic carbocycles. The number of aromatic nitrogens is 2. The second-order valence-electron chi connectivity index (χ2n) is 10.6. The molecule has 47 heavy (non-hydrogen) atoms. The number of nitrogens with one attached hydrogen (secondary N) is 3. The number of para-hydroxylation sites is 1. The number of hydrogen-bond donors (Lipinski definition) is 3. The maximum atomic E-state index is 13.0. The number of ether oxygens (including phenoxy) is 3. The Morgan fingerprint density at radius 3 is 2.28 bits per heavy atom. The molecule has 1 aliphatic heterocycles. The van der Waals surface area contributed by atoms with Crippen molar-refractivity contribution in [1.82, 2.24) is 14.9 Å². The van der Waals surface area contributed by atoms with Gasteiger partial charge in [-0.25, -0.2) is 19.6 Å². The van der Waals surface area contributed by atoms with Crippen LogP contribution in [0.25, 0.3) is 0 Å². The maximum absolute atomic E-state index is 13.0. The zero-order valence-corrected chi connectivity index (χ0v) is 25.7. The molecule has 2 heterocycles. The van der Waals surface area contributed by atoms with Crippen LogP contribution in [0.4, 0.5) is 16.4 Å². The topological polar surface area (TPSA) is 156 Å². The first kappa shape index (κ1) is 32.4. The van der Waals surface area contributed by atoms with E-state index in [1.807, 2.05) is 30.3 Å². The van der Waals surface area contributed by atoms with Crippen molar-refractivity contribution in [2.24, 2.45) is 0 Å². The fraction of sp³-hybridized carbons (Fsp3) is 0.200. The maximum Gasteiger partial charge on any atom is 0.415 e. The summed E-state index contributed by atoms with van der Waals surface area (Å²) < 4.78 is 16.4. The van der Waals surface area contributed by atoms with E-state index in [2.05, 4.69) is 27.2 Å². The highest BCUT2D eigenvalue weighted by Gasteiger charge is 2.26. The summed E-state index contributed by atoms with van der Waals surface area (Å²) in [4.78, 5) is 48.0. The SMILES string of the molecule is C=CC(=O)N1CCCC(Nc2ncnc(NC(=O)OC(C)OC(=O)c3ccccc3)c2C(=N)c2ccc(Oc3ccccc3)cc2)C1. The molecule has 0 saturated carbocycles. The molecule has 3 N–H and O–H groups in total. The van der Waals surface area contributed by atoms with Gasteiger partial charge >= 0.3 is 12.1 Å². The largest absolute Gasteiger partial charge is 0.457 e. The van der Waals surface area contributed by atoms with E-state index in [0.717, 1.165) is 12.8 Å². The van der Waals surface area contributed by atoms with Crippen LogP contribution in [-0.2, 0) is 14.3 Å². The number of carbonyl (C=O) groups is 3. The van der Waals surface area contributed by atoms with Crippen LogP contribution < -0.4 is 15.4 Å². The molecule has 12 heteroatoms. The molecule has 0 radical (unpaired) electrons. The van der Waals surface area contributed by atoms with Gasteiger partial charge in [0.2, 0.25) is 12.2 Å². The minimum atomic E-state index is -1.22. The minimum Gasteiger partial charge on any atom is -0.457 e. The van der Waals surface area contributed by atoms with Crippen LogP contribution in [0.1, 0.15) is 41.3 Å². The molecular formula is C35H34N6O6. The Balaban J connectivity index is 1.37. The number of benzene rings is 3. The van der Waals surface area contributed by atoms with Gasteiger partial charge in [0.25, 0.3) is 0 Å². The van der Waals surface area contributed by atoms with Crippen LogP contribution in [0, 0.1) is 5.41 Å². The Morgan fingerprint density at radius 1 is 0.915 bits per heavy atom. The van der Waals surface area contributed by atoms with Gasteiger partial charge in [0.05, 0.1) is 16.8 Å². The van der Waals surface area contributed by atoms with Crippen LogP contribution in [0.5, 0.6) is 11.5 Å². The number of piperidine rings is 1. The van der Waals surface area contributed by atoms with Gasteiger partial charge < -0.3 is 24.4 Å². The standard InChI is InChI=1S/C35H34N6O6/c1-3-29(42)41-20-10-13-26(21-41)39-32-30(31(36)24-16-18-28(19-17-24)47-27-14-8-5-9-15-27)33(38-22-37-32)40-35(44)46-23(2)45-34(43)25-11-6-4-7-12-25/h3-9,11-12,14-19,22-23,26,36H,1,10,13,20-21H2,2H3,(H2,37,38,39,40,44). The first-order valence-electron chi connectivity index (χ1n) is 15.0. The third kappa shape index (κ3) is 8.57. The molecule has 2 amide bonds. The summed E-state index contributed by atoms with van der Waals surface area (Å²) in [5.74, 6) is 0.703. The summed E-state index contributed by atoms with van der Waals surface area (Å²) in [6.45, 7) is 6.01. The number of esters is 1. The van der Waals surface area contributed by atoms with Crippen molar-refractivity contribution in [3.63, 3.8) is 0 Å². The summed E-state index contributed by atoms with van der Waals surface area (Å²) in [6, 6.07) is 24.4. The van der Waals surface area contributed by atoms with Crippen LogP contribution in [-0.4, -0.2) is 64.0 Å². The highest BCUT2D eigenvalue weighted by molar-refractivity contribution is 6.17. The van der Waals surface area contributed by atoms with E-state index >= 15 is 0 Å². The van der Waals surface area contributed by atoms with Crippen LogP contribution in [0.15, 0.2) is 104 Å². The second-order valence-corrected chi connectivity index (χ2v) is 10.6. The van der Waals surface area contributed by atoms with E-state index in [9.17, 15) is 19.8 Å². The van der Waals surface area contributed by atoms with Crippen molar-refractivity contribution in [1.29, 1.82) is 5.41 Å². The monoisotopic (exact) mass is 634 g/mol. The highest BCUT2D eigenvalue weighted by Crippen LogP contribution is 2.28. The molecule has 4 aromatic rings. The molecule has 1 aromatic heterocycles. The molecule has 0 bridgehead atoms. The summed E-state index contributed by atoms with van der Waals surface area (Å²) in [5.41, 5.74) is 1.01. The lowest BCUT2D eigenvalue weighted by molar-refractivity contribution is -0.127. The van der Waals surface area contributed by atoms with Gasteiger partial charge in [-0.1, -0.05) is 43.0 Å². The molecule has 2 unspecified atom stereocenters. The van der Waals surface area contributed by atoms with E-state index in [1.54, 1.807) is 59.5 Å². The lowest BCUT2D eigenvalue weighted by Gasteiger charge is -2.33. The number of hydrogen-bond acceptors (Lipinski definition) is 10. The average Bonchev–Trinajstić information content (AvgIpc) is 3.09. The van der Waals surface area contributed by atoms with Crippen LogP contribution in [0.2, 0.25) is 0 Å². The van der Waals surface area contributed by atoms with E-state index in [0.29, 0.717) is 35.7 Å². The molecular weight excluding hydrogens is 600 g/mol. The van der Waals surface area contributed by atoms with Gasteiger partial charge in [-0.3, -0.25) is 15.5 Å². The third-order valence-electron chi connectivity index (χ3n) is 7.24. The smallest absolute Gasteiger partial charge is 0.415 e.